The number of carboxylic acids is 1. The van der Waals surface area contributed by atoms with Crippen molar-refractivity contribution < 1.29 is 9.90 Å². The van der Waals surface area contributed by atoms with Crippen LogP contribution in [0.25, 0.3) is 23.4 Å². The number of carboxylic acid groups (broad SMARTS) is 1. The summed E-state index contributed by atoms with van der Waals surface area (Å²) in [6.07, 6.45) is 9.06. The van der Waals surface area contributed by atoms with Gasteiger partial charge in [0.25, 0.3) is 0 Å². The van der Waals surface area contributed by atoms with Crippen LogP contribution in [0.2, 0.25) is 0 Å². The van der Waals surface area contributed by atoms with Crippen molar-refractivity contribution in [2.24, 2.45) is 7.05 Å². The molecule has 3 aromatic heterocycles. The van der Waals surface area contributed by atoms with Crippen LogP contribution in [0.3, 0.4) is 0 Å². The average Bonchev–Trinajstić information content (AvgIpc) is 3.09. The van der Waals surface area contributed by atoms with Crippen molar-refractivity contribution in [2.45, 2.75) is 6.92 Å². The molecule has 3 heterocycles. The lowest BCUT2D eigenvalue weighted by Gasteiger charge is -1.97. The molecule has 0 aliphatic carbocycles. The van der Waals surface area contributed by atoms with Crippen LogP contribution in [-0.2, 0) is 7.05 Å². The summed E-state index contributed by atoms with van der Waals surface area (Å²) in [5, 5.41) is 14.2. The van der Waals surface area contributed by atoms with Crippen LogP contribution in [0.15, 0.2) is 30.7 Å². The number of pyridine rings is 1. The number of carbonyl (C=O) groups is 1. The first kappa shape index (κ1) is 15.1. The molecular formula is C16H14N4O2S. The Morgan fingerprint density at radius 1 is 1.30 bits per heavy atom. The van der Waals surface area contributed by atoms with Crippen molar-refractivity contribution in [3.05, 3.63) is 51.9 Å². The summed E-state index contributed by atoms with van der Waals surface area (Å²) in [5.41, 5.74) is 2.86. The fourth-order valence-electron chi connectivity index (χ4n) is 2.21. The molecule has 3 rings (SSSR count). The Bertz CT molecular complexity index is 881. The van der Waals surface area contributed by atoms with E-state index in [1.54, 1.807) is 24.0 Å². The van der Waals surface area contributed by atoms with E-state index in [-0.39, 0.29) is 5.69 Å². The fraction of sp³-hybridized carbons (Fsp3) is 0.125. The molecule has 0 fully saturated rings. The van der Waals surface area contributed by atoms with Crippen LogP contribution < -0.4 is 0 Å². The van der Waals surface area contributed by atoms with Gasteiger partial charge in [0, 0.05) is 41.6 Å². The second-order valence-electron chi connectivity index (χ2n) is 4.94. The van der Waals surface area contributed by atoms with E-state index < -0.39 is 5.97 Å². The summed E-state index contributed by atoms with van der Waals surface area (Å²) in [6, 6.07) is 3.80. The predicted molar refractivity (Wildman–Crippen MR) is 89.2 cm³/mol. The normalized spacial score (nSPS) is 11.2. The Morgan fingerprint density at radius 2 is 2.04 bits per heavy atom. The quantitative estimate of drug-likeness (QED) is 0.796. The van der Waals surface area contributed by atoms with Crippen molar-refractivity contribution >= 4 is 29.5 Å². The van der Waals surface area contributed by atoms with Gasteiger partial charge in [-0.05, 0) is 31.2 Å². The maximum Gasteiger partial charge on any atom is 0.355 e. The molecule has 0 radical (unpaired) electrons. The Balaban J connectivity index is 1.94. The number of nitrogens with zero attached hydrogens (tertiary/aromatic N) is 4. The average molecular weight is 326 g/mol. The minimum absolute atomic E-state index is 0.107. The van der Waals surface area contributed by atoms with Gasteiger partial charge < -0.3 is 5.11 Å². The van der Waals surface area contributed by atoms with E-state index in [9.17, 15) is 4.79 Å². The summed E-state index contributed by atoms with van der Waals surface area (Å²) in [5.74, 6) is -1.00. The molecule has 0 spiro atoms. The molecule has 0 aromatic carbocycles. The van der Waals surface area contributed by atoms with E-state index in [0.29, 0.717) is 9.88 Å². The Morgan fingerprint density at radius 3 is 2.70 bits per heavy atom. The molecule has 6 nitrogen and oxygen atoms in total. The molecule has 3 aromatic rings. The molecule has 0 saturated heterocycles. The first-order chi connectivity index (χ1) is 11.0. The van der Waals surface area contributed by atoms with Crippen LogP contribution in [0.4, 0.5) is 0 Å². The molecule has 23 heavy (non-hydrogen) atoms. The van der Waals surface area contributed by atoms with Crippen molar-refractivity contribution in [1.82, 2.24) is 19.7 Å². The number of hydrogen-bond acceptors (Lipinski definition) is 5. The molecule has 116 valence electrons. The van der Waals surface area contributed by atoms with E-state index in [2.05, 4.69) is 15.1 Å². The van der Waals surface area contributed by atoms with Crippen molar-refractivity contribution in [3.8, 4) is 11.3 Å². The van der Waals surface area contributed by atoms with Crippen LogP contribution in [0, 0.1) is 6.92 Å². The largest absolute Gasteiger partial charge is 0.476 e. The molecular weight excluding hydrogens is 312 g/mol. The van der Waals surface area contributed by atoms with Gasteiger partial charge in [-0.15, -0.1) is 11.3 Å². The first-order valence-electron chi connectivity index (χ1n) is 6.87. The van der Waals surface area contributed by atoms with E-state index in [4.69, 9.17) is 5.11 Å². The van der Waals surface area contributed by atoms with Gasteiger partial charge in [-0.1, -0.05) is 0 Å². The van der Waals surface area contributed by atoms with Crippen LogP contribution in [0.1, 0.15) is 25.9 Å². The number of thiazole rings is 1. The van der Waals surface area contributed by atoms with Crippen molar-refractivity contribution in [1.29, 1.82) is 0 Å². The highest BCUT2D eigenvalue weighted by atomic mass is 32.1. The molecule has 0 unspecified atom stereocenters. The lowest BCUT2D eigenvalue weighted by molar-refractivity contribution is 0.0690. The Labute approximate surface area is 136 Å². The first-order valence-corrected chi connectivity index (χ1v) is 7.69. The van der Waals surface area contributed by atoms with Gasteiger partial charge in [0.05, 0.1) is 5.69 Å². The maximum atomic E-state index is 11.1. The summed E-state index contributed by atoms with van der Waals surface area (Å²) < 4.78 is 1.74. The highest BCUT2D eigenvalue weighted by molar-refractivity contribution is 7.12. The standard InChI is InChI=1S/C16H14N4O2S/c1-10-14(16(21)22)18-13(23-10)4-3-12-9-20(2)19-15(12)11-5-7-17-8-6-11/h3-9H,1-2H3,(H,21,22)/b4-3+. The number of aromatic nitrogens is 4. The van der Waals surface area contributed by atoms with Gasteiger partial charge in [-0.25, -0.2) is 9.78 Å². The summed E-state index contributed by atoms with van der Waals surface area (Å²) in [7, 11) is 1.86. The molecule has 0 amide bonds. The van der Waals surface area contributed by atoms with Crippen LogP contribution in [0.5, 0.6) is 0 Å². The molecule has 1 N–H and O–H groups in total. The fourth-order valence-corrected chi connectivity index (χ4v) is 3.03. The Hall–Kier alpha value is -2.80. The zero-order valence-electron chi connectivity index (χ0n) is 12.6. The van der Waals surface area contributed by atoms with Crippen LogP contribution >= 0.6 is 11.3 Å². The monoisotopic (exact) mass is 326 g/mol. The zero-order chi connectivity index (χ0) is 16.4. The highest BCUT2D eigenvalue weighted by Crippen LogP contribution is 2.24. The maximum absolute atomic E-state index is 11.1. The Kier molecular flexibility index (Phi) is 4.03. The smallest absolute Gasteiger partial charge is 0.355 e. The van der Waals surface area contributed by atoms with Gasteiger partial charge >= 0.3 is 5.97 Å². The van der Waals surface area contributed by atoms with Gasteiger partial charge in [0.2, 0.25) is 0 Å². The third-order valence-corrected chi connectivity index (χ3v) is 4.17. The van der Waals surface area contributed by atoms with E-state index >= 15 is 0 Å². The molecule has 0 saturated carbocycles. The number of hydrogen-bond donors (Lipinski definition) is 1. The summed E-state index contributed by atoms with van der Waals surface area (Å²) >= 11 is 1.35. The highest BCUT2D eigenvalue weighted by Gasteiger charge is 2.13. The minimum Gasteiger partial charge on any atom is -0.476 e. The SMILES string of the molecule is Cc1sc(/C=C/c2cn(C)nc2-c2ccncc2)nc1C(=O)O. The number of rotatable bonds is 4. The van der Waals surface area contributed by atoms with Gasteiger partial charge in [0.1, 0.15) is 5.01 Å². The molecule has 0 aliphatic rings. The van der Waals surface area contributed by atoms with Crippen LogP contribution in [-0.4, -0.2) is 30.8 Å². The van der Waals surface area contributed by atoms with Crippen molar-refractivity contribution in [2.75, 3.05) is 0 Å². The summed E-state index contributed by atoms with van der Waals surface area (Å²) in [4.78, 5) is 19.9. The minimum atomic E-state index is -1.00. The molecule has 0 atom stereocenters. The van der Waals surface area contributed by atoms with Gasteiger partial charge in [-0.3, -0.25) is 9.67 Å². The van der Waals surface area contributed by atoms with Gasteiger partial charge in [-0.2, -0.15) is 5.10 Å². The van der Waals surface area contributed by atoms with E-state index in [1.165, 1.54) is 11.3 Å². The molecule has 7 heteroatoms. The lowest BCUT2D eigenvalue weighted by Crippen LogP contribution is -1.98. The second kappa shape index (κ2) is 6.13. The van der Waals surface area contributed by atoms with E-state index in [0.717, 1.165) is 16.8 Å². The van der Waals surface area contributed by atoms with Gasteiger partial charge in [0.15, 0.2) is 5.69 Å². The molecule has 0 bridgehead atoms. The van der Waals surface area contributed by atoms with Crippen molar-refractivity contribution in [3.63, 3.8) is 0 Å². The third kappa shape index (κ3) is 3.19. The number of aromatic carboxylic acids is 1. The predicted octanol–water partition coefficient (Wildman–Crippen LogP) is 3.12. The molecule has 0 aliphatic heterocycles. The second-order valence-corrected chi connectivity index (χ2v) is 6.17. The zero-order valence-corrected chi connectivity index (χ0v) is 13.4. The lowest BCUT2D eigenvalue weighted by atomic mass is 10.1. The number of aryl methyl sites for hydroxylation is 2. The summed E-state index contributed by atoms with van der Waals surface area (Å²) in [6.45, 7) is 1.75. The van der Waals surface area contributed by atoms with E-state index in [1.807, 2.05) is 37.5 Å². The third-order valence-electron chi connectivity index (χ3n) is 3.23. The topological polar surface area (TPSA) is 80.9 Å².